The summed E-state index contributed by atoms with van der Waals surface area (Å²) < 4.78 is 5.29. The smallest absolute Gasteiger partial charge is 0.0645 e. The highest BCUT2D eigenvalue weighted by molar-refractivity contribution is 5.09. The molecule has 1 unspecified atom stereocenters. The van der Waals surface area contributed by atoms with Gasteiger partial charge in [-0.25, -0.2) is 0 Å². The van der Waals surface area contributed by atoms with E-state index in [9.17, 15) is 0 Å². The van der Waals surface area contributed by atoms with E-state index >= 15 is 0 Å². The maximum absolute atomic E-state index is 5.29. The molecule has 0 aromatic rings. The minimum atomic E-state index is 0.645. The Morgan fingerprint density at radius 2 is 2.08 bits per heavy atom. The van der Waals surface area contributed by atoms with Crippen LogP contribution in [0, 0.1) is 5.92 Å². The largest absolute Gasteiger partial charge is 0.378 e. The summed E-state index contributed by atoms with van der Waals surface area (Å²) in [7, 11) is 0. The molecule has 2 saturated heterocycles. The second-order valence-corrected chi connectivity index (χ2v) is 5.21. The summed E-state index contributed by atoms with van der Waals surface area (Å²) in [6.45, 7) is 5.73. The van der Waals surface area contributed by atoms with Crippen molar-refractivity contribution in [3.05, 3.63) is 0 Å². The molecule has 0 amide bonds. The van der Waals surface area contributed by atoms with E-state index in [1.165, 1.54) is 32.2 Å². The molecule has 13 heavy (non-hydrogen) atoms. The number of likely N-dealkylation sites (tertiary alicyclic amines) is 1. The topological polar surface area (TPSA) is 12.5 Å². The number of ether oxygens (including phenoxy) is 1. The number of rotatable bonds is 1. The van der Waals surface area contributed by atoms with Gasteiger partial charge in [0.2, 0.25) is 0 Å². The van der Waals surface area contributed by atoms with Crippen molar-refractivity contribution in [3.63, 3.8) is 0 Å². The fourth-order valence-electron chi connectivity index (χ4n) is 3.07. The van der Waals surface area contributed by atoms with Gasteiger partial charge in [0.15, 0.2) is 0 Å². The Bertz CT molecular complexity index is 208. The van der Waals surface area contributed by atoms with Crippen LogP contribution < -0.4 is 0 Å². The number of hydrogen-bond acceptors (Lipinski definition) is 2. The zero-order valence-electron chi connectivity index (χ0n) is 8.46. The minimum absolute atomic E-state index is 0.645. The van der Waals surface area contributed by atoms with Crippen molar-refractivity contribution in [2.45, 2.75) is 44.2 Å². The summed E-state index contributed by atoms with van der Waals surface area (Å²) in [4.78, 5) is 2.76. The summed E-state index contributed by atoms with van der Waals surface area (Å²) in [5.41, 5.74) is 0.645. The summed E-state index contributed by atoms with van der Waals surface area (Å²) in [5.74, 6) is 0.958. The van der Waals surface area contributed by atoms with Crippen LogP contribution in [0.25, 0.3) is 0 Å². The van der Waals surface area contributed by atoms with Gasteiger partial charge in [-0.1, -0.05) is 6.92 Å². The van der Waals surface area contributed by atoms with Gasteiger partial charge in [0.05, 0.1) is 19.3 Å². The van der Waals surface area contributed by atoms with Crippen LogP contribution in [0.1, 0.15) is 32.6 Å². The van der Waals surface area contributed by atoms with Crippen molar-refractivity contribution in [2.75, 3.05) is 19.8 Å². The van der Waals surface area contributed by atoms with Crippen molar-refractivity contribution >= 4 is 0 Å². The number of hydrogen-bond donors (Lipinski definition) is 0. The molecule has 3 aliphatic rings. The average Bonchev–Trinajstić information content (AvgIpc) is 2.73. The minimum Gasteiger partial charge on any atom is -0.378 e. The predicted molar refractivity (Wildman–Crippen MR) is 51.7 cm³/mol. The van der Waals surface area contributed by atoms with Crippen molar-refractivity contribution < 1.29 is 4.74 Å². The molecule has 2 heterocycles. The highest BCUT2D eigenvalue weighted by atomic mass is 16.5. The Morgan fingerprint density at radius 3 is 2.62 bits per heavy atom. The molecule has 1 saturated carbocycles. The zero-order chi connectivity index (χ0) is 8.89. The van der Waals surface area contributed by atoms with Crippen LogP contribution in [0.5, 0.6) is 0 Å². The molecule has 2 aliphatic heterocycles. The highest BCUT2D eigenvalue weighted by Crippen LogP contribution is 2.51. The lowest BCUT2D eigenvalue weighted by atomic mass is 9.89. The van der Waals surface area contributed by atoms with Crippen LogP contribution in [0.4, 0.5) is 0 Å². The van der Waals surface area contributed by atoms with Gasteiger partial charge in [-0.05, 0) is 38.1 Å². The molecule has 2 heteroatoms. The summed E-state index contributed by atoms with van der Waals surface area (Å²) in [6, 6.07) is 0.773. The molecular weight excluding hydrogens is 162 g/mol. The first-order chi connectivity index (χ1) is 6.30. The van der Waals surface area contributed by atoms with Gasteiger partial charge >= 0.3 is 0 Å². The lowest BCUT2D eigenvalue weighted by Crippen LogP contribution is -2.57. The van der Waals surface area contributed by atoms with Crippen LogP contribution in [0.15, 0.2) is 0 Å². The van der Waals surface area contributed by atoms with E-state index in [0.29, 0.717) is 5.54 Å². The molecule has 1 atom stereocenters. The first kappa shape index (κ1) is 8.25. The van der Waals surface area contributed by atoms with Crippen molar-refractivity contribution in [1.29, 1.82) is 0 Å². The molecule has 74 valence electrons. The van der Waals surface area contributed by atoms with E-state index in [4.69, 9.17) is 4.74 Å². The lowest BCUT2D eigenvalue weighted by Gasteiger charge is -2.47. The predicted octanol–water partition coefficient (Wildman–Crippen LogP) is 1.65. The molecule has 0 bridgehead atoms. The third-order valence-electron chi connectivity index (χ3n) is 4.09. The first-order valence-electron chi connectivity index (χ1n) is 5.65. The average molecular weight is 181 g/mol. The van der Waals surface area contributed by atoms with Gasteiger partial charge in [0.25, 0.3) is 0 Å². The molecule has 0 radical (unpaired) electrons. The Kier molecular flexibility index (Phi) is 1.72. The van der Waals surface area contributed by atoms with E-state index in [2.05, 4.69) is 11.8 Å². The Morgan fingerprint density at radius 1 is 1.31 bits per heavy atom. The normalized spacial score (nSPS) is 39.0. The molecule has 2 nitrogen and oxygen atoms in total. The fourth-order valence-corrected chi connectivity index (χ4v) is 3.07. The number of piperidine rings is 1. The van der Waals surface area contributed by atoms with E-state index in [1.807, 2.05) is 0 Å². The Labute approximate surface area is 80.2 Å². The van der Waals surface area contributed by atoms with Crippen LogP contribution in [0.2, 0.25) is 0 Å². The second-order valence-electron chi connectivity index (χ2n) is 5.21. The first-order valence-corrected chi connectivity index (χ1v) is 5.65. The quantitative estimate of drug-likeness (QED) is 0.610. The summed E-state index contributed by atoms with van der Waals surface area (Å²) >= 11 is 0. The SMILES string of the molecule is CC1CCN(C2COC2)C2(CC2)C1. The van der Waals surface area contributed by atoms with Crippen LogP contribution in [-0.4, -0.2) is 36.2 Å². The molecule has 0 N–H and O–H groups in total. The molecule has 0 aromatic carbocycles. The molecule has 0 aromatic heterocycles. The van der Waals surface area contributed by atoms with Crippen LogP contribution in [0.3, 0.4) is 0 Å². The van der Waals surface area contributed by atoms with Crippen LogP contribution >= 0.6 is 0 Å². The molecule has 1 aliphatic carbocycles. The van der Waals surface area contributed by atoms with Gasteiger partial charge in [0, 0.05) is 5.54 Å². The maximum atomic E-state index is 5.29. The Hall–Kier alpha value is -0.0800. The van der Waals surface area contributed by atoms with E-state index in [1.54, 1.807) is 0 Å². The van der Waals surface area contributed by atoms with Gasteiger partial charge in [-0.2, -0.15) is 0 Å². The number of nitrogens with zero attached hydrogens (tertiary/aromatic N) is 1. The zero-order valence-corrected chi connectivity index (χ0v) is 8.46. The second kappa shape index (κ2) is 2.71. The van der Waals surface area contributed by atoms with Crippen LogP contribution in [-0.2, 0) is 4.74 Å². The monoisotopic (exact) mass is 181 g/mol. The van der Waals surface area contributed by atoms with Gasteiger partial charge < -0.3 is 4.74 Å². The van der Waals surface area contributed by atoms with E-state index < -0.39 is 0 Å². The lowest BCUT2D eigenvalue weighted by molar-refractivity contribution is -0.0980. The van der Waals surface area contributed by atoms with Gasteiger partial charge in [-0.15, -0.1) is 0 Å². The molecule has 3 rings (SSSR count). The third-order valence-corrected chi connectivity index (χ3v) is 4.09. The van der Waals surface area contributed by atoms with E-state index in [-0.39, 0.29) is 0 Å². The van der Waals surface area contributed by atoms with Gasteiger partial charge in [-0.3, -0.25) is 4.90 Å². The standard InChI is InChI=1S/C11H19NO/c1-9-2-5-12(10-7-13-8-10)11(6-9)3-4-11/h9-10H,2-8H2,1H3. The third kappa shape index (κ3) is 1.23. The molecular formula is C11H19NO. The summed E-state index contributed by atoms with van der Waals surface area (Å²) in [5, 5.41) is 0. The van der Waals surface area contributed by atoms with Crippen molar-refractivity contribution in [1.82, 2.24) is 4.90 Å². The van der Waals surface area contributed by atoms with E-state index in [0.717, 1.165) is 25.2 Å². The Balaban J connectivity index is 1.72. The highest BCUT2D eigenvalue weighted by Gasteiger charge is 2.53. The fraction of sp³-hybridized carbons (Fsp3) is 1.00. The molecule has 3 fully saturated rings. The van der Waals surface area contributed by atoms with Crippen molar-refractivity contribution in [2.24, 2.45) is 5.92 Å². The summed E-state index contributed by atoms with van der Waals surface area (Å²) in [6.07, 6.45) is 5.75. The van der Waals surface area contributed by atoms with Gasteiger partial charge in [0.1, 0.15) is 0 Å². The molecule has 1 spiro atoms. The van der Waals surface area contributed by atoms with Crippen molar-refractivity contribution in [3.8, 4) is 0 Å². The maximum Gasteiger partial charge on any atom is 0.0645 e.